The molecule has 0 atom stereocenters. The highest BCUT2D eigenvalue weighted by molar-refractivity contribution is 9.10. The molecule has 1 aromatic heterocycles. The lowest BCUT2D eigenvalue weighted by Gasteiger charge is -2.19. The van der Waals surface area contributed by atoms with Crippen molar-refractivity contribution in [2.45, 2.75) is 19.4 Å². The van der Waals surface area contributed by atoms with Crippen molar-refractivity contribution in [3.8, 4) is 0 Å². The van der Waals surface area contributed by atoms with Crippen molar-refractivity contribution in [3.63, 3.8) is 0 Å². The van der Waals surface area contributed by atoms with Crippen LogP contribution in [0.2, 0.25) is 0 Å². The third-order valence-electron chi connectivity index (χ3n) is 1.76. The zero-order valence-electron chi connectivity index (χ0n) is 8.20. The van der Waals surface area contributed by atoms with Crippen molar-refractivity contribution in [2.75, 3.05) is 0 Å². The molecule has 0 unspecified atom stereocenters. The summed E-state index contributed by atoms with van der Waals surface area (Å²) >= 11 is 3.05. The van der Waals surface area contributed by atoms with Gasteiger partial charge in [-0.3, -0.25) is 4.79 Å². The van der Waals surface area contributed by atoms with E-state index in [0.29, 0.717) is 4.67 Å². The summed E-state index contributed by atoms with van der Waals surface area (Å²) in [7, 11) is 0. The van der Waals surface area contributed by atoms with Gasteiger partial charge in [-0.05, 0) is 41.9 Å². The molecule has 0 aliphatic heterocycles. The maximum absolute atomic E-state index is 11.5. The first-order valence-electron chi connectivity index (χ1n) is 4.14. The predicted molar refractivity (Wildman–Crippen MR) is 55.6 cm³/mol. The number of amides is 1. The fourth-order valence-corrected chi connectivity index (χ4v) is 1.14. The van der Waals surface area contributed by atoms with Gasteiger partial charge in [-0.2, -0.15) is 0 Å². The van der Waals surface area contributed by atoms with Crippen LogP contribution in [0.15, 0.2) is 21.2 Å². The fraction of sp³-hybridized carbons (Fsp3) is 0.333. The van der Waals surface area contributed by atoms with E-state index in [1.54, 1.807) is 6.07 Å². The van der Waals surface area contributed by atoms with E-state index >= 15 is 0 Å². The molecule has 0 fully saturated rings. The molecule has 0 aromatic carbocycles. The van der Waals surface area contributed by atoms with Crippen LogP contribution in [0.25, 0.3) is 0 Å². The van der Waals surface area contributed by atoms with Crippen LogP contribution in [-0.2, 0) is 4.79 Å². The molecule has 0 saturated heterocycles. The van der Waals surface area contributed by atoms with Gasteiger partial charge in [0, 0.05) is 0 Å². The largest absolute Gasteiger partial charge is 0.480 e. The second kappa shape index (κ2) is 4.06. The SMILES string of the molecule is CC(C)(NC(=O)c1ccc(Br)o1)C(=O)O. The summed E-state index contributed by atoms with van der Waals surface area (Å²) in [6.07, 6.45) is 0. The van der Waals surface area contributed by atoms with E-state index < -0.39 is 17.4 Å². The number of carbonyl (C=O) groups excluding carboxylic acids is 1. The second-order valence-electron chi connectivity index (χ2n) is 3.49. The number of halogens is 1. The van der Waals surface area contributed by atoms with Crippen molar-refractivity contribution in [1.29, 1.82) is 0 Å². The first-order chi connectivity index (χ1) is 6.83. The van der Waals surface area contributed by atoms with Crippen LogP contribution >= 0.6 is 15.9 Å². The normalized spacial score (nSPS) is 11.1. The summed E-state index contributed by atoms with van der Waals surface area (Å²) in [6.45, 7) is 2.79. The van der Waals surface area contributed by atoms with E-state index in [1.807, 2.05) is 0 Å². The van der Waals surface area contributed by atoms with Crippen molar-refractivity contribution < 1.29 is 19.1 Å². The van der Waals surface area contributed by atoms with E-state index in [2.05, 4.69) is 21.2 Å². The number of rotatable bonds is 3. The maximum Gasteiger partial charge on any atom is 0.328 e. The Morgan fingerprint density at radius 2 is 2.07 bits per heavy atom. The smallest absolute Gasteiger partial charge is 0.328 e. The number of carboxylic acid groups (broad SMARTS) is 1. The number of furan rings is 1. The lowest BCUT2D eigenvalue weighted by Crippen LogP contribution is -2.49. The average molecular weight is 276 g/mol. The van der Waals surface area contributed by atoms with Gasteiger partial charge >= 0.3 is 5.97 Å². The van der Waals surface area contributed by atoms with Gasteiger partial charge in [0.25, 0.3) is 5.91 Å². The van der Waals surface area contributed by atoms with Crippen LogP contribution in [0.3, 0.4) is 0 Å². The van der Waals surface area contributed by atoms with Crippen molar-refractivity contribution >= 4 is 27.8 Å². The summed E-state index contributed by atoms with van der Waals surface area (Å²) in [5.41, 5.74) is -1.32. The Bertz CT molecular complexity index is 397. The van der Waals surface area contributed by atoms with E-state index in [0.717, 1.165) is 0 Å². The molecule has 1 amide bonds. The van der Waals surface area contributed by atoms with Gasteiger partial charge in [0.05, 0.1) is 0 Å². The highest BCUT2D eigenvalue weighted by Crippen LogP contribution is 2.14. The second-order valence-corrected chi connectivity index (χ2v) is 4.27. The number of aliphatic carboxylic acids is 1. The summed E-state index contributed by atoms with van der Waals surface area (Å²) in [4.78, 5) is 22.2. The monoisotopic (exact) mass is 275 g/mol. The molecule has 6 heteroatoms. The molecule has 1 aromatic rings. The molecule has 0 spiro atoms. The fourth-order valence-electron chi connectivity index (χ4n) is 0.835. The minimum atomic E-state index is -1.32. The summed E-state index contributed by atoms with van der Waals surface area (Å²) in [6, 6.07) is 3.01. The maximum atomic E-state index is 11.5. The Kier molecular flexibility index (Phi) is 3.18. The van der Waals surface area contributed by atoms with Gasteiger partial charge in [-0.1, -0.05) is 0 Å². The topological polar surface area (TPSA) is 79.5 Å². The van der Waals surface area contributed by atoms with Crippen LogP contribution in [0.1, 0.15) is 24.4 Å². The Labute approximate surface area is 94.6 Å². The highest BCUT2D eigenvalue weighted by Gasteiger charge is 2.30. The van der Waals surface area contributed by atoms with Gasteiger partial charge < -0.3 is 14.8 Å². The van der Waals surface area contributed by atoms with Gasteiger partial charge in [0.1, 0.15) is 5.54 Å². The van der Waals surface area contributed by atoms with Gasteiger partial charge in [0.2, 0.25) is 0 Å². The van der Waals surface area contributed by atoms with E-state index in [-0.39, 0.29) is 5.76 Å². The summed E-state index contributed by atoms with van der Waals surface area (Å²) < 4.78 is 5.40. The third-order valence-corrected chi connectivity index (χ3v) is 2.18. The molecule has 15 heavy (non-hydrogen) atoms. The molecule has 0 saturated carbocycles. The lowest BCUT2D eigenvalue weighted by molar-refractivity contribution is -0.143. The van der Waals surface area contributed by atoms with Crippen LogP contribution in [0.5, 0.6) is 0 Å². The van der Waals surface area contributed by atoms with E-state index in [9.17, 15) is 9.59 Å². The van der Waals surface area contributed by atoms with E-state index in [4.69, 9.17) is 9.52 Å². The molecule has 1 rings (SSSR count). The summed E-state index contributed by atoms with van der Waals surface area (Å²) in [5.74, 6) is -1.61. The highest BCUT2D eigenvalue weighted by atomic mass is 79.9. The lowest BCUT2D eigenvalue weighted by atomic mass is 10.1. The first kappa shape index (κ1) is 11.8. The van der Waals surface area contributed by atoms with Crippen LogP contribution in [-0.4, -0.2) is 22.5 Å². The van der Waals surface area contributed by atoms with Gasteiger partial charge in [-0.15, -0.1) is 0 Å². The molecule has 1 heterocycles. The standard InChI is InChI=1S/C9H10BrNO4/c1-9(2,8(13)14)11-7(12)5-3-4-6(10)15-5/h3-4H,1-2H3,(H,11,12)(H,13,14). The zero-order valence-corrected chi connectivity index (χ0v) is 9.79. The molecule has 82 valence electrons. The minimum Gasteiger partial charge on any atom is -0.480 e. The van der Waals surface area contributed by atoms with Crippen LogP contribution in [0, 0.1) is 0 Å². The van der Waals surface area contributed by atoms with Gasteiger partial charge in [-0.25, -0.2) is 4.79 Å². The van der Waals surface area contributed by atoms with Crippen LogP contribution in [0.4, 0.5) is 0 Å². The van der Waals surface area contributed by atoms with Crippen molar-refractivity contribution in [3.05, 3.63) is 22.6 Å². The number of hydrogen-bond donors (Lipinski definition) is 2. The molecule has 5 nitrogen and oxygen atoms in total. The third kappa shape index (κ3) is 2.82. The Morgan fingerprint density at radius 1 is 1.47 bits per heavy atom. The molecule has 0 aliphatic rings. The molecule has 0 aliphatic carbocycles. The molecule has 0 radical (unpaired) electrons. The average Bonchev–Trinajstić information content (AvgIpc) is 2.50. The van der Waals surface area contributed by atoms with Gasteiger partial charge in [0.15, 0.2) is 10.4 Å². The van der Waals surface area contributed by atoms with E-state index in [1.165, 1.54) is 19.9 Å². The molecular formula is C9H10BrNO4. The molecule has 0 bridgehead atoms. The minimum absolute atomic E-state index is 0.0659. The Morgan fingerprint density at radius 3 is 2.47 bits per heavy atom. The van der Waals surface area contributed by atoms with Crippen molar-refractivity contribution in [1.82, 2.24) is 5.32 Å². The van der Waals surface area contributed by atoms with Crippen molar-refractivity contribution in [2.24, 2.45) is 0 Å². The predicted octanol–water partition coefficient (Wildman–Crippen LogP) is 1.64. The molecular weight excluding hydrogens is 266 g/mol. The number of nitrogens with one attached hydrogen (secondary N) is 1. The number of carboxylic acids is 1. The molecule has 2 N–H and O–H groups in total. The zero-order chi connectivity index (χ0) is 11.6. The number of carbonyl (C=O) groups is 2. The first-order valence-corrected chi connectivity index (χ1v) is 4.93. The quantitative estimate of drug-likeness (QED) is 0.879. The summed E-state index contributed by atoms with van der Waals surface area (Å²) in [5, 5.41) is 11.1. The Hall–Kier alpha value is -1.30. The Balaban J connectivity index is 2.76. The van der Waals surface area contributed by atoms with Crippen LogP contribution < -0.4 is 5.32 Å². The number of hydrogen-bond acceptors (Lipinski definition) is 3.